The molecule has 1 unspecified atom stereocenters. The van der Waals surface area contributed by atoms with Gasteiger partial charge < -0.3 is 15.7 Å². The van der Waals surface area contributed by atoms with Gasteiger partial charge in [0.05, 0.1) is 23.6 Å². The van der Waals surface area contributed by atoms with Crippen molar-refractivity contribution in [2.75, 3.05) is 5.32 Å². The first-order valence-electron chi connectivity index (χ1n) is 13.4. The maximum atomic E-state index is 13.6. The molecule has 1 amide bonds. The molecular formula is C31H31N5O3. The monoisotopic (exact) mass is 521 g/mol. The van der Waals surface area contributed by atoms with Crippen LogP contribution in [0.15, 0.2) is 72.9 Å². The molecule has 0 saturated heterocycles. The molecule has 2 aromatic carbocycles. The lowest BCUT2D eigenvalue weighted by molar-refractivity contribution is -0.137. The summed E-state index contributed by atoms with van der Waals surface area (Å²) < 4.78 is 1.86. The minimum atomic E-state index is -0.916. The van der Waals surface area contributed by atoms with Crippen molar-refractivity contribution in [3.63, 3.8) is 0 Å². The molecule has 198 valence electrons. The molecule has 1 aliphatic rings. The minimum absolute atomic E-state index is 0.103. The number of carboxylic acid groups (broad SMARTS) is 1. The Hall–Kier alpha value is -4.64. The highest BCUT2D eigenvalue weighted by Gasteiger charge is 2.28. The molecule has 1 aliphatic carbocycles. The van der Waals surface area contributed by atoms with Gasteiger partial charge in [-0.2, -0.15) is 5.26 Å². The smallest absolute Gasteiger partial charge is 0.305 e. The second-order valence-corrected chi connectivity index (χ2v) is 10.0. The summed E-state index contributed by atoms with van der Waals surface area (Å²) in [5.41, 5.74) is 3.97. The van der Waals surface area contributed by atoms with Gasteiger partial charge in [0.15, 0.2) is 5.65 Å². The van der Waals surface area contributed by atoms with Gasteiger partial charge in [-0.15, -0.1) is 0 Å². The summed E-state index contributed by atoms with van der Waals surface area (Å²) in [6.45, 7) is 0.552. The number of carbonyl (C=O) groups is 2. The van der Waals surface area contributed by atoms with Gasteiger partial charge in [0.25, 0.3) is 5.91 Å². The molecule has 0 spiro atoms. The van der Waals surface area contributed by atoms with Crippen LogP contribution in [0.1, 0.15) is 60.0 Å². The lowest BCUT2D eigenvalue weighted by Crippen LogP contribution is -2.42. The van der Waals surface area contributed by atoms with Gasteiger partial charge in [-0.25, -0.2) is 4.98 Å². The number of aliphatic carboxylic acids is 1. The molecular weight excluding hydrogens is 490 g/mol. The maximum absolute atomic E-state index is 13.6. The van der Waals surface area contributed by atoms with E-state index in [1.54, 1.807) is 24.3 Å². The lowest BCUT2D eigenvalue weighted by Gasteiger charge is -2.30. The van der Waals surface area contributed by atoms with Crippen molar-refractivity contribution >= 4 is 23.3 Å². The van der Waals surface area contributed by atoms with Gasteiger partial charge in [-0.1, -0.05) is 61.7 Å². The number of rotatable bonds is 9. The molecule has 8 nitrogen and oxygen atoms in total. The number of anilines is 1. The maximum Gasteiger partial charge on any atom is 0.305 e. The quantitative estimate of drug-likeness (QED) is 0.262. The number of hydrogen-bond donors (Lipinski definition) is 3. The number of benzene rings is 2. The third-order valence-electron chi connectivity index (χ3n) is 7.41. The van der Waals surface area contributed by atoms with Crippen molar-refractivity contribution in [2.24, 2.45) is 5.92 Å². The molecule has 8 heteroatoms. The van der Waals surface area contributed by atoms with Crippen molar-refractivity contribution in [3.8, 4) is 17.3 Å². The molecule has 0 aliphatic heterocycles. The van der Waals surface area contributed by atoms with Gasteiger partial charge in [0.1, 0.15) is 11.5 Å². The molecule has 39 heavy (non-hydrogen) atoms. The van der Waals surface area contributed by atoms with E-state index in [4.69, 9.17) is 4.98 Å². The zero-order valence-electron chi connectivity index (χ0n) is 21.6. The molecule has 4 aromatic rings. The standard InChI is InChI=1S/C31H31N5O3/c32-19-21-13-15-24(16-14-21)28-30(33-20-22-8-3-1-4-9-22)36-17-7-12-25(29(36)35-28)31(39)34-26(18-27(37)38)23-10-5-2-6-11-23/h1,3-4,7-9,12-17,23,26,33H,2,5-6,10-11,18,20H2,(H,34,39)(H,37,38). The summed E-state index contributed by atoms with van der Waals surface area (Å²) in [6, 6.07) is 22.4. The van der Waals surface area contributed by atoms with Crippen molar-refractivity contribution in [2.45, 2.75) is 51.1 Å². The Balaban J connectivity index is 1.52. The first-order chi connectivity index (χ1) is 19.0. The van der Waals surface area contributed by atoms with Crippen LogP contribution in [0.4, 0.5) is 5.82 Å². The molecule has 0 radical (unpaired) electrons. The fraction of sp³-hybridized carbons (Fsp3) is 0.290. The SMILES string of the molecule is N#Cc1ccc(-c2nc3c(C(=O)NC(CC(=O)O)C4CCCCC4)cccn3c2NCc2ccccc2)cc1. The van der Waals surface area contributed by atoms with E-state index in [9.17, 15) is 20.0 Å². The largest absolute Gasteiger partial charge is 0.481 e. The van der Waals surface area contributed by atoms with E-state index in [0.717, 1.165) is 49.0 Å². The summed E-state index contributed by atoms with van der Waals surface area (Å²) in [7, 11) is 0. The normalized spacial score (nSPS) is 14.4. The molecule has 5 rings (SSSR count). The molecule has 3 N–H and O–H groups in total. The molecule has 1 saturated carbocycles. The molecule has 1 fully saturated rings. The Morgan fingerprint density at radius 2 is 1.77 bits per heavy atom. The Morgan fingerprint density at radius 3 is 2.46 bits per heavy atom. The average molecular weight is 522 g/mol. The Bertz CT molecular complexity index is 1500. The Morgan fingerprint density at radius 1 is 1.03 bits per heavy atom. The van der Waals surface area contributed by atoms with Crippen LogP contribution in [0.3, 0.4) is 0 Å². The number of nitrogens with one attached hydrogen (secondary N) is 2. The van der Waals surface area contributed by atoms with Gasteiger partial charge in [0, 0.05) is 24.3 Å². The number of carbonyl (C=O) groups excluding carboxylic acids is 1. The highest BCUT2D eigenvalue weighted by Crippen LogP contribution is 2.32. The third kappa shape index (κ3) is 5.93. The summed E-state index contributed by atoms with van der Waals surface area (Å²) in [5.74, 6) is -0.373. The Kier molecular flexibility index (Phi) is 7.88. The van der Waals surface area contributed by atoms with Crippen molar-refractivity contribution in [1.82, 2.24) is 14.7 Å². The fourth-order valence-corrected chi connectivity index (χ4v) is 5.41. The Labute approximate surface area is 227 Å². The number of imidazole rings is 1. The number of nitrogens with zero attached hydrogens (tertiary/aromatic N) is 3. The summed E-state index contributed by atoms with van der Waals surface area (Å²) in [6.07, 6.45) is 6.84. The number of aromatic nitrogens is 2. The van der Waals surface area contributed by atoms with E-state index in [0.29, 0.717) is 29.0 Å². The number of hydrogen-bond acceptors (Lipinski definition) is 5. The van der Waals surface area contributed by atoms with E-state index in [2.05, 4.69) is 16.7 Å². The molecule has 0 bridgehead atoms. The first-order valence-corrected chi connectivity index (χ1v) is 13.4. The predicted octanol–water partition coefficient (Wildman–Crippen LogP) is 5.64. The van der Waals surface area contributed by atoms with Crippen LogP contribution in [0.5, 0.6) is 0 Å². The topological polar surface area (TPSA) is 120 Å². The fourth-order valence-electron chi connectivity index (χ4n) is 5.41. The number of carboxylic acids is 1. The molecule has 2 aromatic heterocycles. The van der Waals surface area contributed by atoms with E-state index in [-0.39, 0.29) is 18.2 Å². The van der Waals surface area contributed by atoms with E-state index in [1.807, 2.05) is 53.1 Å². The van der Waals surface area contributed by atoms with Gasteiger partial charge in [-0.3, -0.25) is 14.0 Å². The zero-order chi connectivity index (χ0) is 27.2. The number of fused-ring (bicyclic) bond motifs is 1. The second-order valence-electron chi connectivity index (χ2n) is 10.0. The van der Waals surface area contributed by atoms with Crippen molar-refractivity contribution in [3.05, 3.63) is 89.6 Å². The van der Waals surface area contributed by atoms with Crippen LogP contribution < -0.4 is 10.6 Å². The third-order valence-corrected chi connectivity index (χ3v) is 7.41. The number of pyridine rings is 1. The zero-order valence-corrected chi connectivity index (χ0v) is 21.6. The van der Waals surface area contributed by atoms with Gasteiger partial charge in [-0.05, 0) is 48.6 Å². The highest BCUT2D eigenvalue weighted by molar-refractivity contribution is 6.01. The average Bonchev–Trinajstić information content (AvgIpc) is 3.35. The van der Waals surface area contributed by atoms with Crippen LogP contribution >= 0.6 is 0 Å². The van der Waals surface area contributed by atoms with Crippen molar-refractivity contribution in [1.29, 1.82) is 5.26 Å². The van der Waals surface area contributed by atoms with Crippen LogP contribution in [-0.4, -0.2) is 32.4 Å². The number of amides is 1. The molecule has 2 heterocycles. The minimum Gasteiger partial charge on any atom is -0.481 e. The first kappa shape index (κ1) is 26.0. The van der Waals surface area contributed by atoms with E-state index < -0.39 is 12.0 Å². The number of nitriles is 1. The van der Waals surface area contributed by atoms with Crippen LogP contribution in [0.2, 0.25) is 0 Å². The van der Waals surface area contributed by atoms with Crippen LogP contribution in [-0.2, 0) is 11.3 Å². The second kappa shape index (κ2) is 11.8. The predicted molar refractivity (Wildman–Crippen MR) is 149 cm³/mol. The molecule has 1 atom stereocenters. The highest BCUT2D eigenvalue weighted by atomic mass is 16.4. The summed E-state index contributed by atoms with van der Waals surface area (Å²) >= 11 is 0. The van der Waals surface area contributed by atoms with Gasteiger partial charge in [0.2, 0.25) is 0 Å². The van der Waals surface area contributed by atoms with Crippen LogP contribution in [0.25, 0.3) is 16.9 Å². The van der Waals surface area contributed by atoms with Crippen LogP contribution in [0, 0.1) is 17.2 Å². The summed E-state index contributed by atoms with van der Waals surface area (Å²) in [5, 5.41) is 25.3. The summed E-state index contributed by atoms with van der Waals surface area (Å²) in [4.78, 5) is 30.1. The lowest BCUT2D eigenvalue weighted by atomic mass is 9.82. The van der Waals surface area contributed by atoms with E-state index in [1.165, 1.54) is 0 Å². The van der Waals surface area contributed by atoms with Gasteiger partial charge >= 0.3 is 5.97 Å². The van der Waals surface area contributed by atoms with E-state index >= 15 is 0 Å². The van der Waals surface area contributed by atoms with Crippen molar-refractivity contribution < 1.29 is 14.7 Å².